The zero-order valence-corrected chi connectivity index (χ0v) is 22.9. The second-order valence-corrected chi connectivity index (χ2v) is 10.2. The highest BCUT2D eigenvalue weighted by Gasteiger charge is 2.38. The third-order valence-corrected chi connectivity index (χ3v) is 6.69. The first kappa shape index (κ1) is 31.9. The SMILES string of the molecule is CC(Cc1ccccn1)NC(=O)CCC(Cc1ccc(Cl)cc1)N(C)C(=O)c1cc(C(F)(F)F)cc(C(F)(F)F)c1. The van der Waals surface area contributed by atoms with Gasteiger partial charge in [0.25, 0.3) is 5.91 Å². The molecule has 2 aromatic carbocycles. The van der Waals surface area contributed by atoms with Crippen LogP contribution in [0.25, 0.3) is 0 Å². The third kappa shape index (κ3) is 9.48. The molecule has 41 heavy (non-hydrogen) atoms. The van der Waals surface area contributed by atoms with E-state index < -0.39 is 41.0 Å². The first-order chi connectivity index (χ1) is 19.1. The van der Waals surface area contributed by atoms with Gasteiger partial charge in [-0.05, 0) is 67.8 Å². The van der Waals surface area contributed by atoms with Gasteiger partial charge in [0.05, 0.1) is 11.1 Å². The van der Waals surface area contributed by atoms with Crippen LogP contribution in [-0.4, -0.2) is 40.8 Å². The van der Waals surface area contributed by atoms with Crippen LogP contribution >= 0.6 is 11.6 Å². The summed E-state index contributed by atoms with van der Waals surface area (Å²) in [7, 11) is 1.29. The van der Waals surface area contributed by atoms with Crippen molar-refractivity contribution in [2.45, 2.75) is 57.0 Å². The lowest BCUT2D eigenvalue weighted by atomic mass is 9.98. The van der Waals surface area contributed by atoms with Crippen molar-refractivity contribution in [3.8, 4) is 0 Å². The zero-order chi connectivity index (χ0) is 30.4. The Hall–Kier alpha value is -3.60. The van der Waals surface area contributed by atoms with Gasteiger partial charge in [-0.1, -0.05) is 29.8 Å². The first-order valence-electron chi connectivity index (χ1n) is 12.6. The maximum absolute atomic E-state index is 13.4. The molecule has 3 rings (SSSR count). The van der Waals surface area contributed by atoms with Crippen molar-refractivity contribution in [2.75, 3.05) is 7.05 Å². The number of benzene rings is 2. The molecular weight excluding hydrogens is 572 g/mol. The number of hydrogen-bond acceptors (Lipinski definition) is 3. The van der Waals surface area contributed by atoms with E-state index in [1.807, 2.05) is 12.1 Å². The number of carbonyl (C=O) groups excluding carboxylic acids is 2. The van der Waals surface area contributed by atoms with Crippen LogP contribution in [-0.2, 0) is 30.0 Å². The number of alkyl halides is 6. The van der Waals surface area contributed by atoms with E-state index in [2.05, 4.69) is 10.3 Å². The third-order valence-electron chi connectivity index (χ3n) is 6.44. The van der Waals surface area contributed by atoms with Gasteiger partial charge in [0.1, 0.15) is 0 Å². The van der Waals surface area contributed by atoms with E-state index in [1.54, 1.807) is 43.5 Å². The van der Waals surface area contributed by atoms with E-state index in [1.165, 1.54) is 7.05 Å². The Bertz CT molecular complexity index is 1300. The summed E-state index contributed by atoms with van der Waals surface area (Å²) in [6, 6.07) is 11.8. The van der Waals surface area contributed by atoms with Crippen molar-refractivity contribution in [3.05, 3.63) is 99.8 Å². The summed E-state index contributed by atoms with van der Waals surface area (Å²) < 4.78 is 80.3. The first-order valence-corrected chi connectivity index (χ1v) is 13.0. The van der Waals surface area contributed by atoms with Gasteiger partial charge in [-0.2, -0.15) is 26.3 Å². The summed E-state index contributed by atoms with van der Waals surface area (Å²) >= 11 is 5.95. The predicted octanol–water partition coefficient (Wildman–Crippen LogP) is 6.98. The van der Waals surface area contributed by atoms with Crippen LogP contribution in [0, 0.1) is 0 Å². The van der Waals surface area contributed by atoms with E-state index in [4.69, 9.17) is 11.6 Å². The van der Waals surface area contributed by atoms with Gasteiger partial charge in [0.2, 0.25) is 5.91 Å². The van der Waals surface area contributed by atoms with Crippen LogP contribution in [0.5, 0.6) is 0 Å². The topological polar surface area (TPSA) is 62.3 Å². The van der Waals surface area contributed by atoms with Crippen molar-refractivity contribution in [1.82, 2.24) is 15.2 Å². The van der Waals surface area contributed by atoms with E-state index in [9.17, 15) is 35.9 Å². The largest absolute Gasteiger partial charge is 0.416 e. The number of carbonyl (C=O) groups is 2. The van der Waals surface area contributed by atoms with Crippen molar-refractivity contribution >= 4 is 23.4 Å². The normalized spacial score (nSPS) is 13.4. The zero-order valence-electron chi connectivity index (χ0n) is 22.2. The van der Waals surface area contributed by atoms with Gasteiger partial charge < -0.3 is 10.2 Å². The highest BCUT2D eigenvalue weighted by Crippen LogP contribution is 2.36. The molecule has 0 spiro atoms. The fraction of sp³-hybridized carbons (Fsp3) is 0.345. The second-order valence-electron chi connectivity index (χ2n) is 9.73. The summed E-state index contributed by atoms with van der Waals surface area (Å²) in [6.45, 7) is 1.80. The molecule has 2 unspecified atom stereocenters. The monoisotopic (exact) mass is 599 g/mol. The Balaban J connectivity index is 1.81. The quantitative estimate of drug-likeness (QED) is 0.256. The number of rotatable bonds is 10. The smallest absolute Gasteiger partial charge is 0.353 e. The molecule has 12 heteroatoms. The molecule has 1 aromatic heterocycles. The number of nitrogens with zero attached hydrogens (tertiary/aromatic N) is 2. The molecule has 0 fully saturated rings. The summed E-state index contributed by atoms with van der Waals surface area (Å²) in [5.41, 5.74) is -2.43. The lowest BCUT2D eigenvalue weighted by Crippen LogP contribution is -2.40. The summed E-state index contributed by atoms with van der Waals surface area (Å²) in [5, 5.41) is 3.31. The van der Waals surface area contributed by atoms with Crippen LogP contribution in [0.1, 0.15) is 52.5 Å². The Labute approximate surface area is 238 Å². The van der Waals surface area contributed by atoms with Crippen molar-refractivity contribution in [1.29, 1.82) is 0 Å². The lowest BCUT2D eigenvalue weighted by Gasteiger charge is -2.29. The summed E-state index contributed by atoms with van der Waals surface area (Å²) in [4.78, 5) is 31.3. The average molecular weight is 600 g/mol. The minimum absolute atomic E-state index is 0.0293. The fourth-order valence-corrected chi connectivity index (χ4v) is 4.43. The van der Waals surface area contributed by atoms with Gasteiger partial charge in [0, 0.05) is 54.4 Å². The van der Waals surface area contributed by atoms with Crippen LogP contribution in [0.15, 0.2) is 66.9 Å². The fourth-order valence-electron chi connectivity index (χ4n) is 4.30. The minimum atomic E-state index is -5.10. The van der Waals surface area contributed by atoms with Crippen molar-refractivity contribution in [2.24, 2.45) is 0 Å². The average Bonchev–Trinajstić information content (AvgIpc) is 2.90. The molecule has 0 radical (unpaired) electrons. The van der Waals surface area contributed by atoms with Crippen LogP contribution in [0.4, 0.5) is 26.3 Å². The molecule has 220 valence electrons. The molecular formula is C29H28ClF6N3O2. The molecule has 1 heterocycles. The number of amides is 2. The molecule has 2 amide bonds. The standard InChI is InChI=1S/C29H28ClF6N3O2/c1-18(13-24-5-3-4-12-37-24)38-26(40)11-10-25(14-19-6-8-23(30)9-7-19)39(2)27(41)20-15-21(28(31,32)33)17-22(16-20)29(34,35)36/h3-9,12,15-18,25H,10-11,13-14H2,1-2H3,(H,38,40). The van der Waals surface area contributed by atoms with Crippen LogP contribution < -0.4 is 5.32 Å². The van der Waals surface area contributed by atoms with Gasteiger partial charge in [0.15, 0.2) is 0 Å². The second kappa shape index (κ2) is 13.4. The van der Waals surface area contributed by atoms with E-state index >= 15 is 0 Å². The lowest BCUT2D eigenvalue weighted by molar-refractivity contribution is -0.143. The maximum atomic E-state index is 13.4. The molecule has 2 atom stereocenters. The van der Waals surface area contributed by atoms with E-state index in [0.29, 0.717) is 29.1 Å². The highest BCUT2D eigenvalue weighted by atomic mass is 35.5. The van der Waals surface area contributed by atoms with Gasteiger partial charge in [-0.3, -0.25) is 14.6 Å². The molecule has 0 aliphatic rings. The Kier molecular flexibility index (Phi) is 10.4. The van der Waals surface area contributed by atoms with E-state index in [0.717, 1.165) is 10.6 Å². The number of nitrogens with one attached hydrogen (secondary N) is 1. The number of halogens is 7. The number of hydrogen-bond donors (Lipinski definition) is 1. The Morgan fingerprint density at radius 1 is 0.927 bits per heavy atom. The Morgan fingerprint density at radius 3 is 2.07 bits per heavy atom. The molecule has 0 saturated heterocycles. The van der Waals surface area contributed by atoms with Crippen LogP contribution in [0.3, 0.4) is 0 Å². The van der Waals surface area contributed by atoms with Gasteiger partial charge in [-0.15, -0.1) is 0 Å². The number of aromatic nitrogens is 1. The summed E-state index contributed by atoms with van der Waals surface area (Å²) in [5.74, 6) is -1.36. The highest BCUT2D eigenvalue weighted by molar-refractivity contribution is 6.30. The number of likely N-dealkylation sites (N-methyl/N-ethyl adjacent to an activating group) is 1. The molecule has 3 aromatic rings. The molecule has 0 bridgehead atoms. The van der Waals surface area contributed by atoms with Gasteiger partial charge in [-0.25, -0.2) is 0 Å². The molecule has 1 N–H and O–H groups in total. The van der Waals surface area contributed by atoms with Crippen molar-refractivity contribution < 1.29 is 35.9 Å². The Morgan fingerprint density at radius 2 is 1.54 bits per heavy atom. The minimum Gasteiger partial charge on any atom is -0.353 e. The molecule has 0 aliphatic carbocycles. The molecule has 0 saturated carbocycles. The maximum Gasteiger partial charge on any atom is 0.416 e. The van der Waals surface area contributed by atoms with Gasteiger partial charge >= 0.3 is 12.4 Å². The molecule has 0 aliphatic heterocycles. The van der Waals surface area contributed by atoms with E-state index in [-0.39, 0.29) is 37.3 Å². The molecule has 5 nitrogen and oxygen atoms in total. The summed E-state index contributed by atoms with van der Waals surface area (Å²) in [6.07, 6.45) is -7.84. The predicted molar refractivity (Wildman–Crippen MR) is 142 cm³/mol. The number of pyridine rings is 1. The van der Waals surface area contributed by atoms with Crippen LogP contribution in [0.2, 0.25) is 5.02 Å². The van der Waals surface area contributed by atoms with Crippen molar-refractivity contribution in [3.63, 3.8) is 0 Å².